The number of aromatic nitrogens is 4. The molecule has 0 unspecified atom stereocenters. The predicted octanol–water partition coefficient (Wildman–Crippen LogP) is 4.77. The van der Waals surface area contributed by atoms with E-state index in [-0.39, 0.29) is 10.9 Å². The molecule has 31 heavy (non-hydrogen) atoms. The van der Waals surface area contributed by atoms with E-state index in [0.717, 1.165) is 16.7 Å². The van der Waals surface area contributed by atoms with E-state index in [1.165, 1.54) is 29.4 Å². The van der Waals surface area contributed by atoms with Crippen molar-refractivity contribution in [2.75, 3.05) is 4.90 Å². The van der Waals surface area contributed by atoms with Crippen molar-refractivity contribution in [2.24, 2.45) is 0 Å². The summed E-state index contributed by atoms with van der Waals surface area (Å²) in [7, 11) is 0. The largest absolute Gasteiger partial charge is 0.301 e. The summed E-state index contributed by atoms with van der Waals surface area (Å²) in [6.45, 7) is 1.88. The van der Waals surface area contributed by atoms with Crippen LogP contribution in [0.25, 0.3) is 11.1 Å². The van der Waals surface area contributed by atoms with Gasteiger partial charge in [-0.2, -0.15) is 0 Å². The zero-order valence-electron chi connectivity index (χ0n) is 16.5. The van der Waals surface area contributed by atoms with Crippen LogP contribution in [-0.2, 0) is 16.8 Å². The maximum atomic E-state index is 13.6. The summed E-state index contributed by atoms with van der Waals surface area (Å²) in [5, 5.41) is -0.0440. The first-order chi connectivity index (χ1) is 15.0. The van der Waals surface area contributed by atoms with Gasteiger partial charge in [-0.25, -0.2) is 24.2 Å². The summed E-state index contributed by atoms with van der Waals surface area (Å²) >= 11 is 5.96. The van der Waals surface area contributed by atoms with Gasteiger partial charge in [-0.1, -0.05) is 35.9 Å². The number of anilines is 2. The molecule has 4 aromatic rings. The van der Waals surface area contributed by atoms with Crippen molar-refractivity contribution in [1.29, 1.82) is 0 Å². The summed E-state index contributed by atoms with van der Waals surface area (Å²) in [6.07, 6.45) is 8.91. The molecule has 0 saturated heterocycles. The highest BCUT2D eigenvalue weighted by Gasteiger charge is 2.48. The molecule has 0 fully saturated rings. The number of hydrogen-bond donors (Lipinski definition) is 0. The molecule has 6 nitrogen and oxygen atoms in total. The summed E-state index contributed by atoms with van der Waals surface area (Å²) < 4.78 is 15.5. The lowest BCUT2D eigenvalue weighted by Crippen LogP contribution is -2.40. The van der Waals surface area contributed by atoms with Crippen LogP contribution in [-0.4, -0.2) is 25.4 Å². The number of carbonyl (C=O) groups is 1. The number of halogens is 2. The molecule has 2 aromatic carbocycles. The molecule has 1 atom stereocenters. The Morgan fingerprint density at radius 1 is 1.06 bits per heavy atom. The second-order valence-corrected chi connectivity index (χ2v) is 8.02. The summed E-state index contributed by atoms with van der Waals surface area (Å²) in [5.74, 6) is -0.209. The minimum Gasteiger partial charge on any atom is -0.301 e. The zero-order valence-corrected chi connectivity index (χ0v) is 17.3. The van der Waals surface area contributed by atoms with Gasteiger partial charge in [-0.15, -0.1) is 0 Å². The average Bonchev–Trinajstić information content (AvgIpc) is 3.34. The standard InChI is InChI=1S/C23H17ClFN5O/c1-23(11-15-2-4-16(5-3-15)17-12-26-14-27-13-17)21(31)30(22-28-8-9-29(22)23)18-6-7-20(25)19(24)10-18/h2-10,12-14H,11H2,1H3/t23-/m1/s1. The molecule has 0 spiro atoms. The van der Waals surface area contributed by atoms with Crippen LogP contribution < -0.4 is 4.90 Å². The van der Waals surface area contributed by atoms with Crippen LogP contribution >= 0.6 is 11.6 Å². The van der Waals surface area contributed by atoms with Gasteiger partial charge in [0, 0.05) is 36.8 Å². The lowest BCUT2D eigenvalue weighted by molar-refractivity contribution is -0.123. The normalized spacial score (nSPS) is 17.8. The minimum atomic E-state index is -0.885. The SMILES string of the molecule is C[C@@]1(Cc2ccc(-c3cncnc3)cc2)C(=O)N(c2ccc(F)c(Cl)c2)c2nccn21. The van der Waals surface area contributed by atoms with E-state index < -0.39 is 11.4 Å². The summed E-state index contributed by atoms with van der Waals surface area (Å²) in [6, 6.07) is 12.2. The van der Waals surface area contributed by atoms with Gasteiger partial charge < -0.3 is 4.57 Å². The fraction of sp³-hybridized carbons (Fsp3) is 0.130. The monoisotopic (exact) mass is 433 g/mol. The van der Waals surface area contributed by atoms with E-state index in [1.54, 1.807) is 24.8 Å². The van der Waals surface area contributed by atoms with Crippen LogP contribution in [0.2, 0.25) is 5.02 Å². The average molecular weight is 434 g/mol. The Morgan fingerprint density at radius 2 is 1.81 bits per heavy atom. The van der Waals surface area contributed by atoms with E-state index in [1.807, 2.05) is 35.8 Å². The van der Waals surface area contributed by atoms with Crippen molar-refractivity contribution < 1.29 is 9.18 Å². The number of fused-ring (bicyclic) bond motifs is 1. The van der Waals surface area contributed by atoms with Gasteiger partial charge in [0.15, 0.2) is 0 Å². The molecule has 1 aliphatic rings. The molecule has 1 amide bonds. The van der Waals surface area contributed by atoms with Crippen LogP contribution in [0.15, 0.2) is 73.6 Å². The van der Waals surface area contributed by atoms with E-state index in [2.05, 4.69) is 15.0 Å². The highest BCUT2D eigenvalue weighted by molar-refractivity contribution is 6.31. The van der Waals surface area contributed by atoms with Gasteiger partial charge in [0.2, 0.25) is 5.95 Å². The third-order valence-corrected chi connectivity index (χ3v) is 5.86. The summed E-state index contributed by atoms with van der Waals surface area (Å²) in [4.78, 5) is 27.5. The third kappa shape index (κ3) is 3.18. The van der Waals surface area contributed by atoms with Crippen LogP contribution in [0, 0.1) is 5.82 Å². The molecule has 0 aliphatic carbocycles. The number of rotatable bonds is 4. The van der Waals surface area contributed by atoms with E-state index in [0.29, 0.717) is 18.1 Å². The minimum absolute atomic E-state index is 0.0440. The molecular weight excluding hydrogens is 417 g/mol. The van der Waals surface area contributed by atoms with Gasteiger partial charge in [-0.3, -0.25) is 4.79 Å². The molecule has 154 valence electrons. The molecule has 2 aromatic heterocycles. The van der Waals surface area contributed by atoms with Crippen molar-refractivity contribution in [3.8, 4) is 11.1 Å². The Balaban J connectivity index is 1.48. The molecule has 3 heterocycles. The van der Waals surface area contributed by atoms with Crippen LogP contribution in [0.1, 0.15) is 12.5 Å². The van der Waals surface area contributed by atoms with Crippen molar-refractivity contribution in [3.63, 3.8) is 0 Å². The number of amides is 1. The van der Waals surface area contributed by atoms with E-state index in [9.17, 15) is 9.18 Å². The number of benzene rings is 2. The molecule has 0 saturated carbocycles. The van der Waals surface area contributed by atoms with Crippen LogP contribution in [0.3, 0.4) is 0 Å². The first-order valence-electron chi connectivity index (χ1n) is 9.65. The molecule has 5 rings (SSSR count). The van der Waals surface area contributed by atoms with E-state index >= 15 is 0 Å². The Labute approximate surface area is 183 Å². The van der Waals surface area contributed by atoms with Gasteiger partial charge >= 0.3 is 0 Å². The lowest BCUT2D eigenvalue weighted by Gasteiger charge is -2.25. The Kier molecular flexibility index (Phi) is 4.55. The molecule has 8 heteroatoms. The second-order valence-electron chi connectivity index (χ2n) is 7.61. The lowest BCUT2D eigenvalue weighted by atomic mass is 9.91. The first kappa shape index (κ1) is 19.4. The molecule has 0 N–H and O–H groups in total. The third-order valence-electron chi connectivity index (χ3n) is 5.57. The summed E-state index contributed by atoms with van der Waals surface area (Å²) in [5.41, 5.74) is 2.51. The van der Waals surface area contributed by atoms with Crippen molar-refractivity contribution >= 4 is 29.1 Å². The predicted molar refractivity (Wildman–Crippen MR) is 116 cm³/mol. The molecular formula is C23H17ClFN5O. The zero-order chi connectivity index (χ0) is 21.6. The number of carbonyl (C=O) groups excluding carboxylic acids is 1. The van der Waals surface area contributed by atoms with Gasteiger partial charge in [0.05, 0.1) is 10.7 Å². The maximum Gasteiger partial charge on any atom is 0.260 e. The van der Waals surface area contributed by atoms with Gasteiger partial charge in [0.25, 0.3) is 5.91 Å². The molecule has 1 aliphatic heterocycles. The smallest absolute Gasteiger partial charge is 0.260 e. The fourth-order valence-electron chi connectivity index (χ4n) is 3.96. The van der Waals surface area contributed by atoms with Crippen LogP contribution in [0.4, 0.5) is 16.0 Å². The maximum absolute atomic E-state index is 13.6. The van der Waals surface area contributed by atoms with Crippen molar-refractivity contribution in [2.45, 2.75) is 18.9 Å². The van der Waals surface area contributed by atoms with Crippen LogP contribution in [0.5, 0.6) is 0 Å². The fourth-order valence-corrected chi connectivity index (χ4v) is 4.13. The van der Waals surface area contributed by atoms with Crippen molar-refractivity contribution in [3.05, 3.63) is 90.0 Å². The Bertz CT molecular complexity index is 1270. The highest BCUT2D eigenvalue weighted by atomic mass is 35.5. The topological polar surface area (TPSA) is 63.9 Å². The molecule has 0 bridgehead atoms. The molecule has 0 radical (unpaired) electrons. The quantitative estimate of drug-likeness (QED) is 0.465. The van der Waals surface area contributed by atoms with Crippen molar-refractivity contribution in [1.82, 2.24) is 19.5 Å². The Morgan fingerprint density at radius 3 is 2.52 bits per heavy atom. The first-order valence-corrected chi connectivity index (χ1v) is 10.0. The number of hydrogen-bond acceptors (Lipinski definition) is 4. The van der Waals surface area contributed by atoms with E-state index in [4.69, 9.17) is 11.6 Å². The van der Waals surface area contributed by atoms with Gasteiger partial charge in [-0.05, 0) is 36.2 Å². The van der Waals surface area contributed by atoms with Gasteiger partial charge in [0.1, 0.15) is 17.7 Å². The number of nitrogens with zero attached hydrogens (tertiary/aromatic N) is 5. The number of imidazole rings is 1. The Hall–Kier alpha value is -3.58. The second kappa shape index (κ2) is 7.28. The highest BCUT2D eigenvalue weighted by Crippen LogP contribution is 2.41.